The molecule has 1 saturated carbocycles. The quantitative estimate of drug-likeness (QED) is 0.868. The Labute approximate surface area is 114 Å². The first-order chi connectivity index (χ1) is 8.58. The highest BCUT2D eigenvalue weighted by Crippen LogP contribution is 2.20. The summed E-state index contributed by atoms with van der Waals surface area (Å²) in [4.78, 5) is 23.5. The second kappa shape index (κ2) is 5.52. The average Bonchev–Trinajstić information content (AvgIpc) is 3.13. The minimum atomic E-state index is -0.773. The first kappa shape index (κ1) is 13.1. The summed E-state index contributed by atoms with van der Waals surface area (Å²) in [7, 11) is 0. The van der Waals surface area contributed by atoms with Gasteiger partial charge in [-0.1, -0.05) is 12.1 Å². The number of carbonyl (C=O) groups excluding carboxylic acids is 2. The van der Waals surface area contributed by atoms with E-state index in [0.29, 0.717) is 10.0 Å². The van der Waals surface area contributed by atoms with Crippen molar-refractivity contribution in [2.75, 3.05) is 0 Å². The van der Waals surface area contributed by atoms with Gasteiger partial charge in [-0.2, -0.15) is 0 Å². The van der Waals surface area contributed by atoms with Crippen molar-refractivity contribution in [1.29, 1.82) is 0 Å². The van der Waals surface area contributed by atoms with Crippen LogP contribution in [0.4, 0.5) is 0 Å². The van der Waals surface area contributed by atoms with E-state index in [0.717, 1.165) is 12.8 Å². The van der Waals surface area contributed by atoms with Crippen LogP contribution in [0.3, 0.4) is 0 Å². The van der Waals surface area contributed by atoms with Crippen molar-refractivity contribution in [3.05, 3.63) is 34.3 Å². The van der Waals surface area contributed by atoms with Gasteiger partial charge >= 0.3 is 5.97 Å². The molecule has 1 atom stereocenters. The number of carbonyl (C=O) groups is 2. The Balaban J connectivity index is 1.94. The number of amides is 1. The van der Waals surface area contributed by atoms with E-state index >= 15 is 0 Å². The van der Waals surface area contributed by atoms with Gasteiger partial charge in [-0.05, 0) is 47.8 Å². The summed E-state index contributed by atoms with van der Waals surface area (Å²) in [5.41, 5.74) is 0.420. The Kier molecular flexibility index (Phi) is 4.01. The van der Waals surface area contributed by atoms with Crippen LogP contribution in [0.2, 0.25) is 0 Å². The highest BCUT2D eigenvalue weighted by molar-refractivity contribution is 9.10. The van der Waals surface area contributed by atoms with Crippen LogP contribution in [-0.4, -0.2) is 24.0 Å². The number of rotatable bonds is 4. The lowest BCUT2D eigenvalue weighted by molar-refractivity contribution is -0.129. The van der Waals surface area contributed by atoms with Crippen LogP contribution >= 0.6 is 15.9 Å². The van der Waals surface area contributed by atoms with E-state index in [-0.39, 0.29) is 11.9 Å². The Morgan fingerprint density at radius 1 is 1.39 bits per heavy atom. The molecule has 0 bridgehead atoms. The van der Waals surface area contributed by atoms with Crippen molar-refractivity contribution in [2.24, 2.45) is 0 Å². The Hall–Kier alpha value is -1.36. The third-order valence-electron chi connectivity index (χ3n) is 2.67. The molecule has 1 aliphatic carbocycles. The van der Waals surface area contributed by atoms with Gasteiger partial charge < -0.3 is 10.1 Å². The van der Waals surface area contributed by atoms with E-state index in [9.17, 15) is 9.59 Å². The van der Waals surface area contributed by atoms with Gasteiger partial charge in [0.25, 0.3) is 5.91 Å². The summed E-state index contributed by atoms with van der Waals surface area (Å²) in [6, 6.07) is 7.23. The monoisotopic (exact) mass is 311 g/mol. The second-order valence-corrected chi connectivity index (χ2v) is 5.16. The molecule has 0 spiro atoms. The van der Waals surface area contributed by atoms with Gasteiger partial charge in [-0.15, -0.1) is 0 Å². The lowest BCUT2D eigenvalue weighted by Crippen LogP contribution is -2.37. The summed E-state index contributed by atoms with van der Waals surface area (Å²) in [5.74, 6) is -0.737. The van der Waals surface area contributed by atoms with E-state index in [1.807, 2.05) is 6.07 Å². The van der Waals surface area contributed by atoms with Crippen molar-refractivity contribution in [3.8, 4) is 0 Å². The molecular weight excluding hydrogens is 298 g/mol. The molecule has 5 heteroatoms. The zero-order valence-corrected chi connectivity index (χ0v) is 11.6. The highest BCUT2D eigenvalue weighted by Gasteiger charge is 2.27. The zero-order chi connectivity index (χ0) is 13.1. The SMILES string of the molecule is CC(OC(=O)c1ccccc1Br)C(=O)NC1CC1. The molecule has 18 heavy (non-hydrogen) atoms. The number of halogens is 1. The minimum Gasteiger partial charge on any atom is -0.449 e. The minimum absolute atomic E-state index is 0.238. The van der Waals surface area contributed by atoms with Crippen LogP contribution in [0.1, 0.15) is 30.1 Å². The molecule has 0 radical (unpaired) electrons. The van der Waals surface area contributed by atoms with Gasteiger partial charge in [0.15, 0.2) is 6.10 Å². The molecule has 4 nitrogen and oxygen atoms in total. The first-order valence-electron chi connectivity index (χ1n) is 5.84. The van der Waals surface area contributed by atoms with Gasteiger partial charge in [-0.25, -0.2) is 4.79 Å². The molecule has 1 aliphatic rings. The van der Waals surface area contributed by atoms with Gasteiger partial charge in [0.05, 0.1) is 5.56 Å². The van der Waals surface area contributed by atoms with E-state index < -0.39 is 12.1 Å². The Morgan fingerprint density at radius 3 is 2.67 bits per heavy atom. The van der Waals surface area contributed by atoms with Crippen molar-refractivity contribution < 1.29 is 14.3 Å². The summed E-state index contributed by atoms with van der Waals surface area (Å²) in [6.45, 7) is 1.58. The summed E-state index contributed by atoms with van der Waals surface area (Å²) in [6.07, 6.45) is 1.25. The zero-order valence-electron chi connectivity index (χ0n) is 9.98. The van der Waals surface area contributed by atoms with Gasteiger partial charge in [-0.3, -0.25) is 4.79 Å². The molecular formula is C13H14BrNO3. The first-order valence-corrected chi connectivity index (χ1v) is 6.63. The summed E-state index contributed by atoms with van der Waals surface area (Å²) < 4.78 is 5.78. The van der Waals surface area contributed by atoms with Crippen LogP contribution in [0.25, 0.3) is 0 Å². The lowest BCUT2D eigenvalue weighted by atomic mass is 10.2. The lowest BCUT2D eigenvalue weighted by Gasteiger charge is -2.13. The summed E-state index contributed by atoms with van der Waals surface area (Å²) >= 11 is 3.27. The van der Waals surface area contributed by atoms with Crippen LogP contribution < -0.4 is 5.32 Å². The van der Waals surface area contributed by atoms with Crippen molar-refractivity contribution in [3.63, 3.8) is 0 Å². The Morgan fingerprint density at radius 2 is 2.06 bits per heavy atom. The maximum absolute atomic E-state index is 11.8. The molecule has 0 aromatic heterocycles. The molecule has 1 unspecified atom stereocenters. The van der Waals surface area contributed by atoms with Crippen molar-refractivity contribution >= 4 is 27.8 Å². The molecule has 0 heterocycles. The van der Waals surface area contributed by atoms with Crippen molar-refractivity contribution in [2.45, 2.75) is 31.9 Å². The maximum atomic E-state index is 11.8. The van der Waals surface area contributed by atoms with Gasteiger partial charge in [0.1, 0.15) is 0 Å². The molecule has 1 fully saturated rings. The largest absolute Gasteiger partial charge is 0.449 e. The van der Waals surface area contributed by atoms with Crippen LogP contribution in [0, 0.1) is 0 Å². The maximum Gasteiger partial charge on any atom is 0.340 e. The van der Waals surface area contributed by atoms with Crippen molar-refractivity contribution in [1.82, 2.24) is 5.32 Å². The predicted octanol–water partition coefficient (Wildman–Crippen LogP) is 2.27. The number of benzene rings is 1. The topological polar surface area (TPSA) is 55.4 Å². The molecule has 1 N–H and O–H groups in total. The molecule has 96 valence electrons. The molecule has 0 aliphatic heterocycles. The standard InChI is InChI=1S/C13H14BrNO3/c1-8(12(16)15-9-6-7-9)18-13(17)10-4-2-3-5-11(10)14/h2-5,8-9H,6-7H2,1H3,(H,15,16). The third kappa shape index (κ3) is 3.32. The average molecular weight is 312 g/mol. The van der Waals surface area contributed by atoms with Crippen LogP contribution in [-0.2, 0) is 9.53 Å². The van der Waals surface area contributed by atoms with E-state index in [1.165, 1.54) is 0 Å². The fourth-order valence-corrected chi connectivity index (χ4v) is 1.90. The number of ether oxygens (including phenoxy) is 1. The van der Waals surface area contributed by atoms with Crippen LogP contribution in [0.15, 0.2) is 28.7 Å². The highest BCUT2D eigenvalue weighted by atomic mass is 79.9. The molecule has 1 amide bonds. The van der Waals surface area contributed by atoms with Gasteiger partial charge in [0.2, 0.25) is 0 Å². The number of hydrogen-bond donors (Lipinski definition) is 1. The fourth-order valence-electron chi connectivity index (χ4n) is 1.45. The van der Waals surface area contributed by atoms with Crippen LogP contribution in [0.5, 0.6) is 0 Å². The molecule has 0 saturated heterocycles. The number of nitrogens with one attached hydrogen (secondary N) is 1. The molecule has 1 aromatic rings. The molecule has 1 aromatic carbocycles. The number of esters is 1. The number of hydrogen-bond acceptors (Lipinski definition) is 3. The van der Waals surface area contributed by atoms with E-state index in [1.54, 1.807) is 25.1 Å². The third-order valence-corrected chi connectivity index (χ3v) is 3.36. The summed E-state index contributed by atoms with van der Waals surface area (Å²) in [5, 5.41) is 2.80. The second-order valence-electron chi connectivity index (χ2n) is 4.31. The predicted molar refractivity (Wildman–Crippen MR) is 70.2 cm³/mol. The fraction of sp³-hybridized carbons (Fsp3) is 0.385. The van der Waals surface area contributed by atoms with E-state index in [4.69, 9.17) is 4.74 Å². The van der Waals surface area contributed by atoms with E-state index in [2.05, 4.69) is 21.2 Å². The van der Waals surface area contributed by atoms with Gasteiger partial charge in [0, 0.05) is 10.5 Å². The normalized spacial score (nSPS) is 15.9. The molecule has 2 rings (SSSR count). The smallest absolute Gasteiger partial charge is 0.340 e. The Bertz CT molecular complexity index is 471.